The number of likely N-dealkylation sites (tertiary alicyclic amines) is 1. The Morgan fingerprint density at radius 3 is 2.54 bits per heavy atom. The largest absolute Gasteiger partial charge is 0.508 e. The van der Waals surface area contributed by atoms with Crippen LogP contribution in [0.15, 0.2) is 48.0 Å². The Morgan fingerprint density at radius 2 is 1.79 bits per heavy atom. The Labute approximate surface area is 141 Å². The van der Waals surface area contributed by atoms with Crippen LogP contribution in [0.1, 0.15) is 24.0 Å². The van der Waals surface area contributed by atoms with E-state index in [-0.39, 0.29) is 11.6 Å². The maximum atomic E-state index is 13.3. The van der Waals surface area contributed by atoms with E-state index < -0.39 is 0 Å². The molecule has 2 aromatic carbocycles. The van der Waals surface area contributed by atoms with E-state index >= 15 is 0 Å². The van der Waals surface area contributed by atoms with E-state index in [1.54, 1.807) is 30.3 Å². The lowest BCUT2D eigenvalue weighted by molar-refractivity contribution is 0.308. The molecule has 0 spiro atoms. The quantitative estimate of drug-likeness (QED) is 0.931. The first kappa shape index (κ1) is 15.2. The zero-order valence-electron chi connectivity index (χ0n) is 13.5. The average molecular weight is 325 g/mol. The number of halogens is 1. The molecule has 1 fully saturated rings. The van der Waals surface area contributed by atoms with Crippen LogP contribution in [0.2, 0.25) is 0 Å². The van der Waals surface area contributed by atoms with Crippen molar-refractivity contribution in [1.29, 1.82) is 0 Å². The number of nitrogens with zero attached hydrogens (tertiary/aromatic N) is 1. The van der Waals surface area contributed by atoms with Crippen LogP contribution in [-0.2, 0) is 0 Å². The minimum absolute atomic E-state index is 0.208. The second-order valence-corrected chi connectivity index (χ2v) is 6.44. The maximum absolute atomic E-state index is 13.3. The molecule has 2 aliphatic heterocycles. The highest BCUT2D eigenvalue weighted by atomic mass is 19.1. The van der Waals surface area contributed by atoms with Crippen LogP contribution in [0, 0.1) is 5.82 Å². The molecule has 0 radical (unpaired) electrons. The minimum atomic E-state index is -0.247. The molecule has 4 rings (SSSR count). The zero-order chi connectivity index (χ0) is 16.5. The van der Waals surface area contributed by atoms with Gasteiger partial charge in [0.15, 0.2) is 0 Å². The van der Waals surface area contributed by atoms with Crippen LogP contribution in [-0.4, -0.2) is 36.2 Å². The SMILES string of the molecule is Oc1ccc2c(c1)C(c1ccc(F)cc1)=C(CN1CCCC1)CO2. The van der Waals surface area contributed by atoms with Gasteiger partial charge >= 0.3 is 0 Å². The van der Waals surface area contributed by atoms with Crippen molar-refractivity contribution in [2.45, 2.75) is 12.8 Å². The van der Waals surface area contributed by atoms with Gasteiger partial charge in [-0.25, -0.2) is 4.39 Å². The van der Waals surface area contributed by atoms with Gasteiger partial charge in [0.05, 0.1) is 0 Å². The number of rotatable bonds is 3. The minimum Gasteiger partial charge on any atom is -0.508 e. The fraction of sp³-hybridized carbons (Fsp3) is 0.300. The molecule has 0 unspecified atom stereocenters. The van der Waals surface area contributed by atoms with Gasteiger partial charge in [-0.3, -0.25) is 4.90 Å². The molecule has 0 atom stereocenters. The monoisotopic (exact) mass is 325 g/mol. The first-order chi connectivity index (χ1) is 11.7. The maximum Gasteiger partial charge on any atom is 0.127 e. The van der Waals surface area contributed by atoms with Gasteiger partial charge in [0, 0.05) is 12.1 Å². The smallest absolute Gasteiger partial charge is 0.127 e. The number of hydrogen-bond acceptors (Lipinski definition) is 3. The van der Waals surface area contributed by atoms with E-state index in [0.29, 0.717) is 6.61 Å². The molecule has 0 saturated carbocycles. The number of hydrogen-bond donors (Lipinski definition) is 1. The van der Waals surface area contributed by atoms with E-state index in [4.69, 9.17) is 4.74 Å². The summed E-state index contributed by atoms with van der Waals surface area (Å²) in [6, 6.07) is 11.7. The molecule has 1 N–H and O–H groups in total. The Morgan fingerprint density at radius 1 is 1.04 bits per heavy atom. The lowest BCUT2D eigenvalue weighted by Gasteiger charge is -2.27. The van der Waals surface area contributed by atoms with E-state index in [0.717, 1.165) is 42.1 Å². The Bertz CT molecular complexity index is 777. The van der Waals surface area contributed by atoms with E-state index in [1.165, 1.54) is 30.5 Å². The Kier molecular flexibility index (Phi) is 3.98. The van der Waals surface area contributed by atoms with E-state index in [9.17, 15) is 9.50 Å². The summed E-state index contributed by atoms with van der Waals surface area (Å²) in [6.07, 6.45) is 2.47. The fourth-order valence-electron chi connectivity index (χ4n) is 3.58. The number of phenols is 1. The van der Waals surface area contributed by atoms with E-state index in [2.05, 4.69) is 4.90 Å². The molecule has 124 valence electrons. The molecule has 4 heteroatoms. The normalized spacial score (nSPS) is 17.7. The predicted molar refractivity (Wildman–Crippen MR) is 91.7 cm³/mol. The summed E-state index contributed by atoms with van der Waals surface area (Å²) >= 11 is 0. The lowest BCUT2D eigenvalue weighted by atomic mass is 9.90. The third kappa shape index (κ3) is 2.89. The van der Waals surface area contributed by atoms with Gasteiger partial charge in [0.1, 0.15) is 23.9 Å². The summed E-state index contributed by atoms with van der Waals surface area (Å²) in [5.41, 5.74) is 4.07. The van der Waals surface area contributed by atoms with Crippen LogP contribution in [0.4, 0.5) is 4.39 Å². The first-order valence-corrected chi connectivity index (χ1v) is 8.37. The summed E-state index contributed by atoms with van der Waals surface area (Å²) in [5, 5.41) is 9.92. The van der Waals surface area contributed by atoms with Crippen molar-refractivity contribution in [1.82, 2.24) is 4.90 Å². The van der Waals surface area contributed by atoms with Crippen LogP contribution in [0.3, 0.4) is 0 Å². The van der Waals surface area contributed by atoms with Gasteiger partial charge in [-0.2, -0.15) is 0 Å². The molecule has 3 nitrogen and oxygen atoms in total. The number of fused-ring (bicyclic) bond motifs is 1. The summed E-state index contributed by atoms with van der Waals surface area (Å²) in [4.78, 5) is 2.43. The molecule has 0 aliphatic carbocycles. The van der Waals surface area contributed by atoms with E-state index in [1.807, 2.05) is 0 Å². The second kappa shape index (κ2) is 6.29. The molecular weight excluding hydrogens is 305 g/mol. The van der Waals surface area contributed by atoms with Crippen LogP contribution < -0.4 is 4.74 Å². The molecule has 0 amide bonds. The highest BCUT2D eigenvalue weighted by Gasteiger charge is 2.24. The first-order valence-electron chi connectivity index (χ1n) is 8.37. The van der Waals surface area contributed by atoms with Crippen LogP contribution in [0.25, 0.3) is 5.57 Å². The number of aromatic hydroxyl groups is 1. The van der Waals surface area contributed by atoms with Gasteiger partial charge in [-0.1, -0.05) is 12.1 Å². The number of benzene rings is 2. The molecule has 0 aromatic heterocycles. The summed E-state index contributed by atoms with van der Waals surface area (Å²) < 4.78 is 19.3. The molecule has 2 heterocycles. The molecule has 24 heavy (non-hydrogen) atoms. The summed E-state index contributed by atoms with van der Waals surface area (Å²) in [7, 11) is 0. The van der Waals surface area contributed by atoms with Gasteiger partial charge in [0.25, 0.3) is 0 Å². The molecular formula is C20H20FNO2. The van der Waals surface area contributed by atoms with Crippen molar-refractivity contribution >= 4 is 5.57 Å². The van der Waals surface area contributed by atoms with Crippen molar-refractivity contribution in [3.63, 3.8) is 0 Å². The standard InChI is InChI=1S/C20H20FNO2/c21-16-5-3-14(4-6-16)20-15(12-22-9-1-2-10-22)13-24-19-8-7-17(23)11-18(19)20/h3-8,11,23H,1-2,9-10,12-13H2. The molecule has 0 bridgehead atoms. The highest BCUT2D eigenvalue weighted by molar-refractivity contribution is 5.86. The molecule has 2 aliphatic rings. The van der Waals surface area contributed by atoms with Gasteiger partial charge < -0.3 is 9.84 Å². The highest BCUT2D eigenvalue weighted by Crippen LogP contribution is 2.39. The lowest BCUT2D eigenvalue weighted by Crippen LogP contribution is -2.26. The zero-order valence-corrected chi connectivity index (χ0v) is 13.5. The second-order valence-electron chi connectivity index (χ2n) is 6.44. The topological polar surface area (TPSA) is 32.7 Å². The molecule has 2 aromatic rings. The number of phenolic OH excluding ortho intramolecular Hbond substituents is 1. The van der Waals surface area contributed by atoms with Crippen molar-refractivity contribution in [3.05, 3.63) is 65.0 Å². The van der Waals surface area contributed by atoms with Crippen molar-refractivity contribution in [2.75, 3.05) is 26.2 Å². The molecule has 1 saturated heterocycles. The summed E-state index contributed by atoms with van der Waals surface area (Å²) in [6.45, 7) is 3.59. The average Bonchev–Trinajstić information content (AvgIpc) is 3.09. The Hall–Kier alpha value is -2.33. The predicted octanol–water partition coefficient (Wildman–Crippen LogP) is 3.82. The fourth-order valence-corrected chi connectivity index (χ4v) is 3.58. The number of ether oxygens (including phenoxy) is 1. The van der Waals surface area contributed by atoms with Gasteiger partial charge in [0.2, 0.25) is 0 Å². The van der Waals surface area contributed by atoms with Crippen molar-refractivity contribution in [2.24, 2.45) is 0 Å². The van der Waals surface area contributed by atoms with Crippen molar-refractivity contribution < 1.29 is 14.2 Å². The summed E-state index contributed by atoms with van der Waals surface area (Å²) in [5.74, 6) is 0.723. The van der Waals surface area contributed by atoms with Crippen LogP contribution in [0.5, 0.6) is 11.5 Å². The Balaban J connectivity index is 1.82. The van der Waals surface area contributed by atoms with Crippen molar-refractivity contribution in [3.8, 4) is 11.5 Å². The third-order valence-electron chi connectivity index (χ3n) is 4.73. The van der Waals surface area contributed by atoms with Gasteiger partial charge in [-0.15, -0.1) is 0 Å². The third-order valence-corrected chi connectivity index (χ3v) is 4.73. The van der Waals surface area contributed by atoms with Gasteiger partial charge in [-0.05, 0) is 73.0 Å². The van der Waals surface area contributed by atoms with Crippen LogP contribution >= 0.6 is 0 Å².